The van der Waals surface area contributed by atoms with Gasteiger partial charge in [-0.15, -0.1) is 0 Å². The first-order chi connectivity index (χ1) is 10.3. The highest BCUT2D eigenvalue weighted by Crippen LogP contribution is 2.19. The van der Waals surface area contributed by atoms with Crippen molar-refractivity contribution in [3.05, 3.63) is 42.5 Å². The molecular weight excluding hydrogens is 262 g/mol. The number of hydrogen-bond donors (Lipinski definition) is 2. The molecule has 0 radical (unpaired) electrons. The smallest absolute Gasteiger partial charge is 0.189 e. The van der Waals surface area contributed by atoms with Crippen molar-refractivity contribution < 1.29 is 4.74 Å². The second-order valence-corrected chi connectivity index (χ2v) is 5.39. The molecule has 21 heavy (non-hydrogen) atoms. The highest BCUT2D eigenvalue weighted by atomic mass is 16.5. The minimum absolute atomic E-state index is 0.481. The lowest BCUT2D eigenvalue weighted by Crippen LogP contribution is -2.41. The predicted octanol–water partition coefficient (Wildman–Crippen LogP) is 2.99. The van der Waals surface area contributed by atoms with Crippen LogP contribution in [0.25, 0.3) is 0 Å². The van der Waals surface area contributed by atoms with Crippen LogP contribution in [0.5, 0.6) is 5.75 Å². The van der Waals surface area contributed by atoms with E-state index in [0.29, 0.717) is 25.2 Å². The van der Waals surface area contributed by atoms with Gasteiger partial charge in [0.2, 0.25) is 0 Å². The van der Waals surface area contributed by atoms with Gasteiger partial charge < -0.3 is 15.8 Å². The molecule has 1 aromatic carbocycles. The summed E-state index contributed by atoms with van der Waals surface area (Å²) in [6, 6.07) is 8.37. The summed E-state index contributed by atoms with van der Waals surface area (Å²) in [6.07, 6.45) is 8.01. The summed E-state index contributed by atoms with van der Waals surface area (Å²) < 4.78 is 5.62. The number of benzene rings is 1. The van der Waals surface area contributed by atoms with E-state index in [0.717, 1.165) is 11.3 Å². The molecule has 114 valence electrons. The highest BCUT2D eigenvalue weighted by molar-refractivity contribution is 5.78. The molecule has 0 amide bonds. The number of nitrogens with one attached hydrogen (secondary N) is 1. The van der Waals surface area contributed by atoms with Crippen molar-refractivity contribution in [1.29, 1.82) is 0 Å². The minimum Gasteiger partial charge on any atom is -0.489 e. The van der Waals surface area contributed by atoms with E-state index in [9.17, 15) is 0 Å². The molecule has 0 bridgehead atoms. The van der Waals surface area contributed by atoms with E-state index in [2.05, 4.69) is 16.9 Å². The van der Waals surface area contributed by atoms with Crippen molar-refractivity contribution in [2.45, 2.75) is 44.7 Å². The lowest BCUT2D eigenvalue weighted by molar-refractivity contribution is 0.359. The molecule has 0 heterocycles. The third kappa shape index (κ3) is 5.14. The summed E-state index contributed by atoms with van der Waals surface area (Å²) >= 11 is 0. The van der Waals surface area contributed by atoms with Crippen LogP contribution in [0.4, 0.5) is 0 Å². The summed E-state index contributed by atoms with van der Waals surface area (Å²) in [5.41, 5.74) is 7.02. The molecule has 4 nitrogen and oxygen atoms in total. The van der Waals surface area contributed by atoms with Crippen LogP contribution >= 0.6 is 0 Å². The van der Waals surface area contributed by atoms with E-state index in [-0.39, 0.29) is 0 Å². The number of nitrogens with two attached hydrogens (primary N) is 1. The van der Waals surface area contributed by atoms with E-state index in [4.69, 9.17) is 10.5 Å². The van der Waals surface area contributed by atoms with Crippen LogP contribution in [0.2, 0.25) is 0 Å². The first-order valence-corrected chi connectivity index (χ1v) is 7.67. The van der Waals surface area contributed by atoms with Gasteiger partial charge in [-0.2, -0.15) is 0 Å². The molecule has 1 aliphatic carbocycles. The standard InChI is InChI=1S/C17H25N3O/c1-2-12-21-16-11-7-6-8-14(16)13-19-17(18)20-15-9-4-3-5-10-15/h2,6-8,11,15H,1,3-5,9-10,12-13H2,(H3,18,19,20). The summed E-state index contributed by atoms with van der Waals surface area (Å²) in [5, 5.41) is 3.32. The third-order valence-corrected chi connectivity index (χ3v) is 3.71. The Bertz CT molecular complexity index is 479. The van der Waals surface area contributed by atoms with E-state index in [1.807, 2.05) is 24.3 Å². The van der Waals surface area contributed by atoms with Gasteiger partial charge in [-0.25, -0.2) is 4.99 Å². The van der Waals surface area contributed by atoms with Gasteiger partial charge in [-0.1, -0.05) is 50.1 Å². The fraction of sp³-hybridized carbons (Fsp3) is 0.471. The number of nitrogens with zero attached hydrogens (tertiary/aromatic N) is 1. The summed E-state index contributed by atoms with van der Waals surface area (Å²) in [5.74, 6) is 1.37. The Morgan fingerprint density at radius 2 is 2.10 bits per heavy atom. The van der Waals surface area contributed by atoms with E-state index in [1.54, 1.807) is 6.08 Å². The number of ether oxygens (including phenoxy) is 1. The summed E-state index contributed by atoms with van der Waals surface area (Å²) in [4.78, 5) is 4.43. The fourth-order valence-electron chi connectivity index (χ4n) is 2.60. The average Bonchev–Trinajstić information content (AvgIpc) is 2.52. The Morgan fingerprint density at radius 3 is 2.86 bits per heavy atom. The number of guanidine groups is 1. The van der Waals surface area contributed by atoms with E-state index in [1.165, 1.54) is 32.1 Å². The van der Waals surface area contributed by atoms with Crippen LogP contribution < -0.4 is 15.8 Å². The normalized spacial score (nSPS) is 16.5. The molecule has 0 unspecified atom stereocenters. The average molecular weight is 287 g/mol. The quantitative estimate of drug-likeness (QED) is 0.480. The van der Waals surface area contributed by atoms with Gasteiger partial charge in [0.15, 0.2) is 5.96 Å². The first-order valence-electron chi connectivity index (χ1n) is 7.67. The van der Waals surface area contributed by atoms with Gasteiger partial charge in [0.05, 0.1) is 6.54 Å². The molecule has 4 heteroatoms. The molecule has 1 fully saturated rings. The Hall–Kier alpha value is -1.97. The van der Waals surface area contributed by atoms with Crippen molar-refractivity contribution in [2.75, 3.05) is 6.61 Å². The number of rotatable bonds is 6. The summed E-state index contributed by atoms with van der Waals surface area (Å²) in [7, 11) is 0. The maximum atomic E-state index is 5.98. The molecule has 1 aliphatic rings. The molecular formula is C17H25N3O. The number of aliphatic imine (C=N–C) groups is 1. The van der Waals surface area contributed by atoms with Crippen molar-refractivity contribution >= 4 is 5.96 Å². The van der Waals surface area contributed by atoms with Crippen LogP contribution in [0.3, 0.4) is 0 Å². The van der Waals surface area contributed by atoms with Gasteiger partial charge in [-0.3, -0.25) is 0 Å². The predicted molar refractivity (Wildman–Crippen MR) is 87.5 cm³/mol. The van der Waals surface area contributed by atoms with Gasteiger partial charge in [0.25, 0.3) is 0 Å². The molecule has 2 rings (SSSR count). The van der Waals surface area contributed by atoms with Crippen LogP contribution in [0.1, 0.15) is 37.7 Å². The Morgan fingerprint density at radius 1 is 1.33 bits per heavy atom. The molecule has 3 N–H and O–H groups in total. The molecule has 1 aromatic rings. The van der Waals surface area contributed by atoms with Crippen LogP contribution in [-0.4, -0.2) is 18.6 Å². The second-order valence-electron chi connectivity index (χ2n) is 5.39. The third-order valence-electron chi connectivity index (χ3n) is 3.71. The molecule has 0 atom stereocenters. The minimum atomic E-state index is 0.481. The lowest BCUT2D eigenvalue weighted by atomic mass is 9.96. The zero-order valence-corrected chi connectivity index (χ0v) is 12.6. The van der Waals surface area contributed by atoms with Crippen molar-refractivity contribution in [2.24, 2.45) is 10.7 Å². The zero-order valence-electron chi connectivity index (χ0n) is 12.6. The fourth-order valence-corrected chi connectivity index (χ4v) is 2.60. The Kier molecular flexibility index (Phi) is 6.13. The number of para-hydroxylation sites is 1. The SMILES string of the molecule is C=CCOc1ccccc1CN=C(N)NC1CCCCC1. The Balaban J connectivity index is 1.91. The molecule has 0 spiro atoms. The maximum absolute atomic E-state index is 5.98. The van der Waals surface area contributed by atoms with E-state index >= 15 is 0 Å². The zero-order chi connectivity index (χ0) is 14.9. The van der Waals surface area contributed by atoms with Crippen molar-refractivity contribution in [1.82, 2.24) is 5.32 Å². The van der Waals surface area contributed by atoms with Gasteiger partial charge in [0.1, 0.15) is 12.4 Å². The van der Waals surface area contributed by atoms with Crippen LogP contribution in [-0.2, 0) is 6.54 Å². The molecule has 1 saturated carbocycles. The molecule has 0 saturated heterocycles. The molecule has 0 aliphatic heterocycles. The van der Waals surface area contributed by atoms with Gasteiger partial charge >= 0.3 is 0 Å². The summed E-state index contributed by atoms with van der Waals surface area (Å²) in [6.45, 7) is 4.69. The topological polar surface area (TPSA) is 59.6 Å². The van der Waals surface area contributed by atoms with E-state index < -0.39 is 0 Å². The van der Waals surface area contributed by atoms with Crippen LogP contribution in [0.15, 0.2) is 41.9 Å². The molecule has 0 aromatic heterocycles. The first kappa shape index (κ1) is 15.4. The highest BCUT2D eigenvalue weighted by Gasteiger charge is 2.13. The second kappa shape index (κ2) is 8.35. The number of hydrogen-bond acceptors (Lipinski definition) is 2. The van der Waals surface area contributed by atoms with Crippen LogP contribution in [0, 0.1) is 0 Å². The van der Waals surface area contributed by atoms with Crippen molar-refractivity contribution in [3.63, 3.8) is 0 Å². The largest absolute Gasteiger partial charge is 0.489 e. The van der Waals surface area contributed by atoms with Crippen molar-refractivity contribution in [3.8, 4) is 5.75 Å². The maximum Gasteiger partial charge on any atom is 0.189 e. The monoisotopic (exact) mass is 287 g/mol. The van der Waals surface area contributed by atoms with Gasteiger partial charge in [0, 0.05) is 11.6 Å². The Labute approximate surface area is 127 Å². The van der Waals surface area contributed by atoms with Gasteiger partial charge in [-0.05, 0) is 18.9 Å². The lowest BCUT2D eigenvalue weighted by Gasteiger charge is -2.23.